The summed E-state index contributed by atoms with van der Waals surface area (Å²) in [5, 5.41) is 3.01. The Bertz CT molecular complexity index is 604. The van der Waals surface area contributed by atoms with Gasteiger partial charge in [-0.15, -0.1) is 11.3 Å². The summed E-state index contributed by atoms with van der Waals surface area (Å²) in [5.74, 6) is 0.0253. The first-order valence-corrected chi connectivity index (χ1v) is 8.60. The first-order valence-electron chi connectivity index (χ1n) is 7.78. The number of anilines is 1. The van der Waals surface area contributed by atoms with Gasteiger partial charge in [-0.05, 0) is 61.4 Å². The summed E-state index contributed by atoms with van der Waals surface area (Å²) < 4.78 is 0. The van der Waals surface area contributed by atoms with Gasteiger partial charge in [-0.1, -0.05) is 25.5 Å². The zero-order valence-corrected chi connectivity index (χ0v) is 13.3. The van der Waals surface area contributed by atoms with Gasteiger partial charge in [0.25, 0.3) is 5.91 Å². The van der Waals surface area contributed by atoms with E-state index < -0.39 is 0 Å². The van der Waals surface area contributed by atoms with Crippen molar-refractivity contribution in [1.82, 2.24) is 0 Å². The van der Waals surface area contributed by atoms with Crippen LogP contribution in [-0.2, 0) is 19.3 Å². The molecule has 0 spiro atoms. The third-order valence-corrected chi connectivity index (χ3v) is 5.33. The molecule has 3 rings (SSSR count). The number of nitrogens with one attached hydrogen (secondary N) is 1. The maximum absolute atomic E-state index is 12.4. The predicted octanol–water partition coefficient (Wildman–Crippen LogP) is 4.83. The van der Waals surface area contributed by atoms with Crippen LogP contribution < -0.4 is 5.32 Å². The summed E-state index contributed by atoms with van der Waals surface area (Å²) in [6, 6.07) is 10.2. The van der Waals surface area contributed by atoms with Crippen LogP contribution in [0, 0.1) is 0 Å². The number of thiophene rings is 1. The molecule has 1 aliphatic carbocycles. The van der Waals surface area contributed by atoms with Crippen molar-refractivity contribution in [3.05, 3.63) is 51.2 Å². The van der Waals surface area contributed by atoms with Crippen LogP contribution in [0.1, 0.15) is 51.9 Å². The largest absolute Gasteiger partial charge is 0.321 e. The zero-order chi connectivity index (χ0) is 14.7. The monoisotopic (exact) mass is 299 g/mol. The van der Waals surface area contributed by atoms with Gasteiger partial charge in [0.15, 0.2) is 0 Å². The quantitative estimate of drug-likeness (QED) is 0.808. The van der Waals surface area contributed by atoms with Crippen LogP contribution in [0.4, 0.5) is 5.69 Å². The normalized spacial score (nSPS) is 14.3. The van der Waals surface area contributed by atoms with Crippen molar-refractivity contribution in [3.63, 3.8) is 0 Å². The minimum atomic E-state index is 0.0253. The molecule has 21 heavy (non-hydrogen) atoms. The molecule has 110 valence electrons. The van der Waals surface area contributed by atoms with Crippen LogP contribution in [0.15, 0.2) is 30.3 Å². The summed E-state index contributed by atoms with van der Waals surface area (Å²) in [6.45, 7) is 2.13. The van der Waals surface area contributed by atoms with Crippen LogP contribution >= 0.6 is 11.3 Å². The molecule has 0 unspecified atom stereocenters. The van der Waals surface area contributed by atoms with Gasteiger partial charge >= 0.3 is 0 Å². The molecular formula is C18H21NOS. The Morgan fingerprint density at radius 3 is 2.67 bits per heavy atom. The van der Waals surface area contributed by atoms with E-state index in [1.54, 1.807) is 11.3 Å². The van der Waals surface area contributed by atoms with E-state index in [1.165, 1.54) is 35.3 Å². The molecule has 0 saturated heterocycles. The summed E-state index contributed by atoms with van der Waals surface area (Å²) in [4.78, 5) is 14.6. The third kappa shape index (κ3) is 3.35. The lowest BCUT2D eigenvalue weighted by molar-refractivity contribution is 0.103. The molecule has 1 amide bonds. The van der Waals surface area contributed by atoms with E-state index in [4.69, 9.17) is 0 Å². The Morgan fingerprint density at radius 2 is 1.90 bits per heavy atom. The van der Waals surface area contributed by atoms with Gasteiger partial charge in [-0.3, -0.25) is 4.79 Å². The average molecular weight is 299 g/mol. The number of carbonyl (C=O) groups excluding carboxylic acids is 1. The number of carbonyl (C=O) groups is 1. The highest BCUT2D eigenvalue weighted by atomic mass is 32.1. The fourth-order valence-corrected chi connectivity index (χ4v) is 3.94. The Morgan fingerprint density at radius 1 is 1.14 bits per heavy atom. The van der Waals surface area contributed by atoms with Gasteiger partial charge in [0.05, 0.1) is 4.88 Å². The van der Waals surface area contributed by atoms with Crippen molar-refractivity contribution in [3.8, 4) is 0 Å². The lowest BCUT2D eigenvalue weighted by Gasteiger charge is -2.04. The molecule has 1 aliphatic rings. The zero-order valence-electron chi connectivity index (χ0n) is 12.4. The van der Waals surface area contributed by atoms with Gasteiger partial charge < -0.3 is 5.32 Å². The van der Waals surface area contributed by atoms with Crippen LogP contribution in [-0.4, -0.2) is 5.91 Å². The van der Waals surface area contributed by atoms with Crippen LogP contribution in [0.25, 0.3) is 0 Å². The lowest BCUT2D eigenvalue weighted by Crippen LogP contribution is -2.10. The van der Waals surface area contributed by atoms with E-state index >= 15 is 0 Å². The molecule has 1 heterocycles. The molecule has 1 aromatic heterocycles. The number of hydrogen-bond acceptors (Lipinski definition) is 2. The highest BCUT2D eigenvalue weighted by Crippen LogP contribution is 2.29. The number of rotatable bonds is 3. The van der Waals surface area contributed by atoms with Crippen molar-refractivity contribution in [2.75, 3.05) is 5.32 Å². The minimum Gasteiger partial charge on any atom is -0.321 e. The smallest absolute Gasteiger partial charge is 0.265 e. The molecule has 1 aromatic carbocycles. The molecule has 0 bridgehead atoms. The third-order valence-electron chi connectivity index (χ3n) is 4.09. The average Bonchev–Trinajstić information content (AvgIpc) is 2.79. The topological polar surface area (TPSA) is 29.1 Å². The molecule has 3 heteroatoms. The summed E-state index contributed by atoms with van der Waals surface area (Å²) in [5.41, 5.74) is 3.56. The first-order chi connectivity index (χ1) is 10.3. The van der Waals surface area contributed by atoms with Crippen molar-refractivity contribution < 1.29 is 4.79 Å². The Balaban J connectivity index is 1.72. The van der Waals surface area contributed by atoms with Crippen LogP contribution in [0.5, 0.6) is 0 Å². The predicted molar refractivity (Wildman–Crippen MR) is 89.4 cm³/mol. The Kier molecular flexibility index (Phi) is 4.39. The number of amides is 1. The van der Waals surface area contributed by atoms with Crippen molar-refractivity contribution in [2.24, 2.45) is 0 Å². The second-order valence-electron chi connectivity index (χ2n) is 5.62. The maximum atomic E-state index is 12.4. The minimum absolute atomic E-state index is 0.0253. The summed E-state index contributed by atoms with van der Waals surface area (Å²) in [7, 11) is 0. The second kappa shape index (κ2) is 6.44. The molecule has 2 nitrogen and oxygen atoms in total. The van der Waals surface area contributed by atoms with E-state index in [9.17, 15) is 4.79 Å². The van der Waals surface area contributed by atoms with Gasteiger partial charge in [-0.25, -0.2) is 0 Å². The molecular weight excluding hydrogens is 278 g/mol. The summed E-state index contributed by atoms with van der Waals surface area (Å²) in [6.07, 6.45) is 7.11. The number of fused-ring (bicyclic) bond motifs is 1. The highest BCUT2D eigenvalue weighted by molar-refractivity contribution is 7.14. The number of hydrogen-bond donors (Lipinski definition) is 1. The Hall–Kier alpha value is -1.61. The number of benzene rings is 1. The molecule has 0 radical (unpaired) electrons. The molecule has 0 saturated carbocycles. The molecule has 0 aliphatic heterocycles. The fourth-order valence-electron chi connectivity index (χ4n) is 2.80. The fraction of sp³-hybridized carbons (Fsp3) is 0.389. The van der Waals surface area contributed by atoms with Crippen molar-refractivity contribution >= 4 is 22.9 Å². The van der Waals surface area contributed by atoms with Crippen LogP contribution in [0.3, 0.4) is 0 Å². The van der Waals surface area contributed by atoms with E-state index in [2.05, 4.69) is 30.4 Å². The molecule has 1 N–H and O–H groups in total. The first kappa shape index (κ1) is 14.3. The Labute approximate surface area is 130 Å². The van der Waals surface area contributed by atoms with E-state index in [0.29, 0.717) is 0 Å². The SMILES string of the molecule is CCc1ccc(NC(=O)c2cc3c(s2)CCCCC3)cc1. The summed E-state index contributed by atoms with van der Waals surface area (Å²) >= 11 is 1.67. The van der Waals surface area contributed by atoms with E-state index in [0.717, 1.165) is 29.8 Å². The standard InChI is InChI=1S/C18H21NOS/c1-2-13-8-10-15(11-9-13)19-18(20)17-12-14-6-4-3-5-7-16(14)21-17/h8-12H,2-7H2,1H3,(H,19,20). The van der Waals surface area contributed by atoms with Gasteiger partial charge in [0.1, 0.15) is 0 Å². The number of aryl methyl sites for hydroxylation is 3. The van der Waals surface area contributed by atoms with Gasteiger partial charge in [0, 0.05) is 10.6 Å². The molecule has 0 fully saturated rings. The highest BCUT2D eigenvalue weighted by Gasteiger charge is 2.16. The van der Waals surface area contributed by atoms with Gasteiger partial charge in [0.2, 0.25) is 0 Å². The van der Waals surface area contributed by atoms with Crippen LogP contribution in [0.2, 0.25) is 0 Å². The second-order valence-corrected chi connectivity index (χ2v) is 6.76. The lowest BCUT2D eigenvalue weighted by atomic mass is 10.1. The molecule has 0 atom stereocenters. The van der Waals surface area contributed by atoms with Gasteiger partial charge in [-0.2, -0.15) is 0 Å². The van der Waals surface area contributed by atoms with Crippen molar-refractivity contribution in [1.29, 1.82) is 0 Å². The maximum Gasteiger partial charge on any atom is 0.265 e. The van der Waals surface area contributed by atoms with Crippen molar-refractivity contribution in [2.45, 2.75) is 45.4 Å². The van der Waals surface area contributed by atoms with E-state index in [1.807, 2.05) is 12.1 Å². The molecule has 2 aromatic rings. The van der Waals surface area contributed by atoms with E-state index in [-0.39, 0.29) is 5.91 Å².